The SMILES string of the molecule is COc1ccccc1C1(C)C(N)=CC=CC1N. The van der Waals surface area contributed by atoms with Crippen molar-refractivity contribution in [3.63, 3.8) is 0 Å². The van der Waals surface area contributed by atoms with Gasteiger partial charge in [0, 0.05) is 17.3 Å². The predicted molar refractivity (Wildman–Crippen MR) is 69.7 cm³/mol. The molecule has 1 aromatic rings. The van der Waals surface area contributed by atoms with Crippen molar-refractivity contribution in [2.75, 3.05) is 7.11 Å². The largest absolute Gasteiger partial charge is 0.496 e. The molecule has 0 aliphatic heterocycles. The van der Waals surface area contributed by atoms with Gasteiger partial charge in [0.15, 0.2) is 0 Å². The summed E-state index contributed by atoms with van der Waals surface area (Å²) < 4.78 is 5.40. The maximum Gasteiger partial charge on any atom is 0.123 e. The summed E-state index contributed by atoms with van der Waals surface area (Å²) in [5.74, 6) is 0.817. The van der Waals surface area contributed by atoms with Gasteiger partial charge in [0.05, 0.1) is 12.5 Å². The Morgan fingerprint density at radius 2 is 2.00 bits per heavy atom. The van der Waals surface area contributed by atoms with E-state index in [9.17, 15) is 0 Å². The van der Waals surface area contributed by atoms with Gasteiger partial charge in [-0.05, 0) is 19.1 Å². The molecule has 0 saturated heterocycles. The Morgan fingerprint density at radius 1 is 1.29 bits per heavy atom. The number of hydrogen-bond acceptors (Lipinski definition) is 3. The first-order chi connectivity index (χ1) is 8.10. The van der Waals surface area contributed by atoms with Crippen molar-refractivity contribution < 1.29 is 4.74 Å². The van der Waals surface area contributed by atoms with Gasteiger partial charge in [-0.1, -0.05) is 30.4 Å². The Balaban J connectivity index is 2.58. The van der Waals surface area contributed by atoms with E-state index < -0.39 is 5.41 Å². The maximum atomic E-state index is 6.20. The van der Waals surface area contributed by atoms with Gasteiger partial charge in [-0.2, -0.15) is 0 Å². The Bertz CT molecular complexity index is 479. The van der Waals surface area contributed by atoms with E-state index in [4.69, 9.17) is 16.2 Å². The normalized spacial score (nSPS) is 27.7. The highest BCUT2D eigenvalue weighted by atomic mass is 16.5. The van der Waals surface area contributed by atoms with E-state index in [1.807, 2.05) is 49.4 Å². The lowest BCUT2D eigenvalue weighted by Gasteiger charge is -2.37. The molecule has 0 radical (unpaired) electrons. The fraction of sp³-hybridized carbons (Fsp3) is 0.286. The highest BCUT2D eigenvalue weighted by Gasteiger charge is 2.38. The van der Waals surface area contributed by atoms with Crippen LogP contribution in [0, 0.1) is 0 Å². The fourth-order valence-corrected chi connectivity index (χ4v) is 2.25. The molecule has 2 unspecified atom stereocenters. The number of nitrogens with two attached hydrogens (primary N) is 2. The number of allylic oxidation sites excluding steroid dienone is 2. The van der Waals surface area contributed by atoms with Gasteiger partial charge in [-0.3, -0.25) is 0 Å². The highest BCUT2D eigenvalue weighted by molar-refractivity contribution is 5.49. The average Bonchev–Trinajstić information content (AvgIpc) is 2.36. The molecule has 90 valence electrons. The van der Waals surface area contributed by atoms with Crippen LogP contribution in [0.25, 0.3) is 0 Å². The van der Waals surface area contributed by atoms with Crippen LogP contribution in [0.15, 0.2) is 48.2 Å². The van der Waals surface area contributed by atoms with Crippen LogP contribution in [0.4, 0.5) is 0 Å². The third-order valence-electron chi connectivity index (χ3n) is 3.53. The van der Waals surface area contributed by atoms with Gasteiger partial charge in [-0.15, -0.1) is 0 Å². The van der Waals surface area contributed by atoms with E-state index in [0.717, 1.165) is 17.0 Å². The molecule has 2 atom stereocenters. The summed E-state index contributed by atoms with van der Waals surface area (Å²) in [5, 5.41) is 0. The topological polar surface area (TPSA) is 61.3 Å². The molecule has 0 fully saturated rings. The van der Waals surface area contributed by atoms with Crippen molar-refractivity contribution in [2.24, 2.45) is 11.5 Å². The van der Waals surface area contributed by atoms with Crippen molar-refractivity contribution in [1.82, 2.24) is 0 Å². The average molecular weight is 230 g/mol. The minimum atomic E-state index is -0.415. The molecule has 1 aromatic carbocycles. The zero-order valence-electron chi connectivity index (χ0n) is 10.2. The van der Waals surface area contributed by atoms with Gasteiger partial charge >= 0.3 is 0 Å². The van der Waals surface area contributed by atoms with Crippen LogP contribution in [0.3, 0.4) is 0 Å². The Morgan fingerprint density at radius 3 is 2.65 bits per heavy atom. The summed E-state index contributed by atoms with van der Waals surface area (Å²) in [4.78, 5) is 0. The minimum absolute atomic E-state index is 0.149. The molecule has 0 heterocycles. The predicted octanol–water partition coefficient (Wildman–Crippen LogP) is 1.69. The Labute approximate surface area is 102 Å². The van der Waals surface area contributed by atoms with E-state index in [2.05, 4.69) is 0 Å². The standard InChI is InChI=1S/C14H18N2O/c1-14(12(15)8-5-9-13(14)16)10-6-3-4-7-11(10)17-2/h3-9,12H,15-16H2,1-2H3. The number of hydrogen-bond donors (Lipinski definition) is 2. The summed E-state index contributed by atoms with van der Waals surface area (Å²) in [6.07, 6.45) is 5.76. The van der Waals surface area contributed by atoms with Crippen LogP contribution in [-0.4, -0.2) is 13.2 Å². The maximum absolute atomic E-state index is 6.20. The smallest absolute Gasteiger partial charge is 0.123 e. The van der Waals surface area contributed by atoms with Gasteiger partial charge < -0.3 is 16.2 Å². The molecule has 1 aliphatic carbocycles. The van der Waals surface area contributed by atoms with E-state index in [1.54, 1.807) is 7.11 Å². The van der Waals surface area contributed by atoms with E-state index in [-0.39, 0.29) is 6.04 Å². The Hall–Kier alpha value is -1.74. The summed E-state index contributed by atoms with van der Waals surface area (Å²) in [6, 6.07) is 7.71. The Kier molecular flexibility index (Phi) is 2.94. The lowest BCUT2D eigenvalue weighted by atomic mass is 9.71. The van der Waals surface area contributed by atoms with Gasteiger partial charge in [0.2, 0.25) is 0 Å². The monoisotopic (exact) mass is 230 g/mol. The second kappa shape index (κ2) is 4.26. The molecule has 0 saturated carbocycles. The number of ether oxygens (including phenoxy) is 1. The van der Waals surface area contributed by atoms with Gasteiger partial charge in [-0.25, -0.2) is 0 Å². The molecule has 0 aromatic heterocycles. The van der Waals surface area contributed by atoms with Crippen LogP contribution in [0.5, 0.6) is 5.75 Å². The summed E-state index contributed by atoms with van der Waals surface area (Å²) in [6.45, 7) is 2.05. The fourth-order valence-electron chi connectivity index (χ4n) is 2.25. The van der Waals surface area contributed by atoms with Gasteiger partial charge in [0.25, 0.3) is 0 Å². The highest BCUT2D eigenvalue weighted by Crippen LogP contribution is 2.39. The van der Waals surface area contributed by atoms with Crippen LogP contribution >= 0.6 is 0 Å². The quantitative estimate of drug-likeness (QED) is 0.812. The number of methoxy groups -OCH3 is 1. The lowest BCUT2D eigenvalue weighted by molar-refractivity contribution is 0.387. The molecule has 17 heavy (non-hydrogen) atoms. The molecular formula is C14H18N2O. The molecule has 0 spiro atoms. The zero-order chi connectivity index (χ0) is 12.5. The second-order valence-corrected chi connectivity index (χ2v) is 4.44. The van der Waals surface area contributed by atoms with E-state index in [0.29, 0.717) is 0 Å². The van der Waals surface area contributed by atoms with Crippen molar-refractivity contribution in [3.8, 4) is 5.75 Å². The molecular weight excluding hydrogens is 212 g/mol. The summed E-state index contributed by atoms with van der Waals surface area (Å²) in [7, 11) is 1.66. The van der Waals surface area contributed by atoms with Crippen LogP contribution < -0.4 is 16.2 Å². The number of rotatable bonds is 2. The van der Waals surface area contributed by atoms with E-state index >= 15 is 0 Å². The zero-order valence-corrected chi connectivity index (χ0v) is 10.2. The first-order valence-corrected chi connectivity index (χ1v) is 5.64. The molecule has 0 amide bonds. The van der Waals surface area contributed by atoms with Crippen LogP contribution in [0.2, 0.25) is 0 Å². The third kappa shape index (κ3) is 1.72. The first-order valence-electron chi connectivity index (χ1n) is 5.64. The first kappa shape index (κ1) is 11.7. The number of para-hydroxylation sites is 1. The minimum Gasteiger partial charge on any atom is -0.496 e. The second-order valence-electron chi connectivity index (χ2n) is 4.44. The molecule has 3 nitrogen and oxygen atoms in total. The molecule has 3 heteroatoms. The molecule has 1 aliphatic rings. The molecule has 2 rings (SSSR count). The number of benzene rings is 1. The summed E-state index contributed by atoms with van der Waals surface area (Å²) >= 11 is 0. The van der Waals surface area contributed by atoms with E-state index in [1.165, 1.54) is 0 Å². The molecule has 0 bridgehead atoms. The lowest BCUT2D eigenvalue weighted by Crippen LogP contribution is -2.47. The van der Waals surface area contributed by atoms with Crippen LogP contribution in [0.1, 0.15) is 12.5 Å². The van der Waals surface area contributed by atoms with Crippen molar-refractivity contribution in [3.05, 3.63) is 53.8 Å². The van der Waals surface area contributed by atoms with Crippen LogP contribution in [-0.2, 0) is 5.41 Å². The van der Waals surface area contributed by atoms with Crippen molar-refractivity contribution >= 4 is 0 Å². The summed E-state index contributed by atoms with van der Waals surface area (Å²) in [5.41, 5.74) is 13.7. The van der Waals surface area contributed by atoms with Gasteiger partial charge in [0.1, 0.15) is 5.75 Å². The molecule has 4 N–H and O–H groups in total. The third-order valence-corrected chi connectivity index (χ3v) is 3.53. The van der Waals surface area contributed by atoms with Crippen molar-refractivity contribution in [1.29, 1.82) is 0 Å². The van der Waals surface area contributed by atoms with Crippen molar-refractivity contribution in [2.45, 2.75) is 18.4 Å².